The van der Waals surface area contributed by atoms with Crippen LogP contribution in [0, 0.1) is 35.5 Å². The van der Waals surface area contributed by atoms with E-state index in [1.54, 1.807) is 22.3 Å². The maximum Gasteiger partial charge on any atom is 0.163 e. The predicted molar refractivity (Wildman–Crippen MR) is 246 cm³/mol. The van der Waals surface area contributed by atoms with Gasteiger partial charge in [0.2, 0.25) is 0 Å². The molecule has 4 nitrogen and oxygen atoms in total. The number of hydrogen-bond acceptors (Lipinski definition) is 5. The van der Waals surface area contributed by atoms with Crippen LogP contribution in [-0.4, -0.2) is 31.6 Å². The molecule has 10 atom stereocenters. The third-order valence-corrected chi connectivity index (χ3v) is 17.1. The number of nitrogens with zero attached hydrogens (tertiary/aromatic N) is 3. The molecule has 3 heterocycles. The zero-order valence-corrected chi connectivity index (χ0v) is 35.4. The highest BCUT2D eigenvalue weighted by atomic mass is 32.2. The highest BCUT2D eigenvalue weighted by Crippen LogP contribution is 2.59. The van der Waals surface area contributed by atoms with Gasteiger partial charge in [0.05, 0.1) is 0 Å². The maximum atomic E-state index is 7.13. The van der Waals surface area contributed by atoms with Gasteiger partial charge in [0.25, 0.3) is 0 Å². The lowest BCUT2D eigenvalue weighted by atomic mass is 9.61. The number of hydrogen-bond donors (Lipinski definition) is 0. The average molecular weight is 806 g/mol. The standard InChI is InChI=1S/C55H55N3OS/c1-3-14-35(15-4-1)53-56-54(36-16-5-2-6-17-36)58-55(57-53)37-30-28-34(29-31-37)38-18-11-19-39(32-38)46-33-47-50-42(23-13-26-48(50)59-51(47)43-22-8-7-20-40(43)46)45-25-12-24-44-41-21-9-10-27-49(41)60-52(44)45/h1,3-5,7,10,12-17,20,24-30,32,37,39,41-42,45-47,49,51-52H,2,6,8-9,11,18-19,21-23,31,33H2. The molecule has 10 unspecified atom stereocenters. The van der Waals surface area contributed by atoms with Crippen LogP contribution in [0.1, 0.15) is 94.6 Å². The van der Waals surface area contributed by atoms with Crippen LogP contribution in [0.25, 0.3) is 17.0 Å². The van der Waals surface area contributed by atoms with Gasteiger partial charge >= 0.3 is 0 Å². The lowest BCUT2D eigenvalue weighted by Crippen LogP contribution is -2.37. The minimum Gasteiger partial charge on any atom is -0.485 e. The van der Waals surface area contributed by atoms with Crippen LogP contribution in [0.15, 0.2) is 167 Å². The normalized spacial score (nSPS) is 34.8. The molecule has 0 spiro atoms. The summed E-state index contributed by atoms with van der Waals surface area (Å²) >= 11 is 2.26. The van der Waals surface area contributed by atoms with E-state index in [9.17, 15) is 0 Å². The van der Waals surface area contributed by atoms with Gasteiger partial charge in [-0.1, -0.05) is 127 Å². The smallest absolute Gasteiger partial charge is 0.163 e. The molecule has 1 fully saturated rings. The fourth-order valence-electron chi connectivity index (χ4n) is 12.6. The van der Waals surface area contributed by atoms with Crippen LogP contribution in [0.4, 0.5) is 0 Å². The second-order valence-corrected chi connectivity index (χ2v) is 20.0. The van der Waals surface area contributed by atoms with Crippen LogP contribution >= 0.6 is 11.8 Å². The Hall–Kier alpha value is -4.74. The Morgan fingerprint density at radius 2 is 1.63 bits per heavy atom. The van der Waals surface area contributed by atoms with Crippen molar-refractivity contribution in [2.75, 3.05) is 0 Å². The van der Waals surface area contributed by atoms with Crippen molar-refractivity contribution in [3.05, 3.63) is 178 Å². The topological polar surface area (TPSA) is 47.9 Å². The largest absolute Gasteiger partial charge is 0.485 e. The summed E-state index contributed by atoms with van der Waals surface area (Å²) in [4.78, 5) is 15.2. The minimum atomic E-state index is 0.123. The van der Waals surface area contributed by atoms with Crippen molar-refractivity contribution < 1.29 is 4.74 Å². The molecule has 5 heteroatoms. The molecule has 10 aliphatic rings. The van der Waals surface area contributed by atoms with Crippen LogP contribution in [0.3, 0.4) is 0 Å². The number of allylic oxidation sites excluding steroid dienone is 19. The highest BCUT2D eigenvalue weighted by Gasteiger charge is 2.52. The molecule has 60 heavy (non-hydrogen) atoms. The monoisotopic (exact) mass is 805 g/mol. The van der Waals surface area contributed by atoms with Crippen molar-refractivity contribution in [3.63, 3.8) is 0 Å². The Morgan fingerprint density at radius 3 is 2.53 bits per heavy atom. The SMILES string of the molecule is C1=CC(C2CC=CC3=C2C2CC(C4C=C(C5=CCC(c6nc(C7=CCCC=C7)nc(-c7ccccc7)n6)C=C5)CCC4)C4=C(CCC=C4)C2O3)C2SC3C=CCCC3C2=C1. The van der Waals surface area contributed by atoms with Gasteiger partial charge in [-0.3, -0.25) is 0 Å². The number of aromatic nitrogens is 3. The quantitative estimate of drug-likeness (QED) is 0.272. The van der Waals surface area contributed by atoms with Crippen LogP contribution in [-0.2, 0) is 4.74 Å². The zero-order chi connectivity index (χ0) is 39.6. The molecule has 8 aliphatic carbocycles. The van der Waals surface area contributed by atoms with Gasteiger partial charge in [-0.05, 0) is 141 Å². The molecule has 1 saturated heterocycles. The van der Waals surface area contributed by atoms with Crippen molar-refractivity contribution in [1.29, 1.82) is 0 Å². The lowest BCUT2D eigenvalue weighted by molar-refractivity contribution is 0.119. The Balaban J connectivity index is 0.814. The summed E-state index contributed by atoms with van der Waals surface area (Å²) in [7, 11) is 0. The maximum absolute atomic E-state index is 7.13. The Labute approximate surface area is 360 Å². The molecule has 0 radical (unpaired) electrons. The van der Waals surface area contributed by atoms with E-state index in [4.69, 9.17) is 19.7 Å². The number of fused-ring (bicyclic) bond motifs is 6. The van der Waals surface area contributed by atoms with Crippen molar-refractivity contribution >= 4 is 17.3 Å². The van der Waals surface area contributed by atoms with E-state index >= 15 is 0 Å². The van der Waals surface area contributed by atoms with Crippen LogP contribution in [0.5, 0.6) is 0 Å². The van der Waals surface area contributed by atoms with Gasteiger partial charge in [0, 0.05) is 33.5 Å². The van der Waals surface area contributed by atoms with Gasteiger partial charge in [-0.2, -0.15) is 0 Å². The molecule has 2 aromatic rings. The Kier molecular flexibility index (Phi) is 9.65. The molecule has 1 aromatic heterocycles. The van der Waals surface area contributed by atoms with Gasteiger partial charge in [-0.25, -0.2) is 15.0 Å². The van der Waals surface area contributed by atoms with Crippen LogP contribution < -0.4 is 0 Å². The molecule has 2 aliphatic heterocycles. The number of thioether (sulfide) groups is 1. The summed E-state index contributed by atoms with van der Waals surface area (Å²) in [6.07, 6.45) is 52.8. The van der Waals surface area contributed by atoms with Gasteiger partial charge in [-0.15, -0.1) is 11.8 Å². The van der Waals surface area contributed by atoms with E-state index in [1.807, 2.05) is 6.07 Å². The molecule has 0 N–H and O–H groups in total. The van der Waals surface area contributed by atoms with Crippen LogP contribution in [0.2, 0.25) is 0 Å². The first-order chi connectivity index (χ1) is 29.7. The molecule has 0 saturated carbocycles. The summed E-state index contributed by atoms with van der Waals surface area (Å²) in [5.41, 5.74) is 11.7. The van der Waals surface area contributed by atoms with Gasteiger partial charge in [0.15, 0.2) is 11.6 Å². The zero-order valence-electron chi connectivity index (χ0n) is 34.5. The van der Waals surface area contributed by atoms with E-state index < -0.39 is 0 Å². The van der Waals surface area contributed by atoms with E-state index in [1.165, 1.54) is 49.0 Å². The third kappa shape index (κ3) is 6.53. The summed E-state index contributed by atoms with van der Waals surface area (Å²) in [5, 5.41) is 1.24. The van der Waals surface area contributed by atoms with E-state index in [-0.39, 0.29) is 12.0 Å². The first kappa shape index (κ1) is 37.1. The highest BCUT2D eigenvalue weighted by molar-refractivity contribution is 8.01. The fraction of sp³-hybridized carbons (Fsp3) is 0.400. The van der Waals surface area contributed by atoms with Crippen molar-refractivity contribution in [3.8, 4) is 11.4 Å². The molecule has 0 bridgehead atoms. The second kappa shape index (κ2) is 15.6. The Bertz CT molecular complexity index is 2470. The molecule has 12 rings (SSSR count). The fourth-order valence-corrected chi connectivity index (χ4v) is 14.5. The van der Waals surface area contributed by atoms with Gasteiger partial charge in [0.1, 0.15) is 17.7 Å². The van der Waals surface area contributed by atoms with Gasteiger partial charge < -0.3 is 4.74 Å². The van der Waals surface area contributed by atoms with E-state index in [2.05, 4.69) is 133 Å². The van der Waals surface area contributed by atoms with E-state index in [0.29, 0.717) is 40.1 Å². The van der Waals surface area contributed by atoms with Crippen molar-refractivity contribution in [2.45, 2.75) is 99.6 Å². The minimum absolute atomic E-state index is 0.123. The Morgan fingerprint density at radius 1 is 0.700 bits per heavy atom. The second-order valence-electron chi connectivity index (χ2n) is 18.7. The summed E-state index contributed by atoms with van der Waals surface area (Å²) in [5.74, 6) is 7.06. The summed E-state index contributed by atoms with van der Waals surface area (Å²) < 4.78 is 7.13. The number of ether oxygens (including phenoxy) is 1. The molecular weight excluding hydrogens is 751 g/mol. The first-order valence-corrected chi connectivity index (χ1v) is 24.1. The molecule has 302 valence electrons. The number of rotatable bonds is 6. The first-order valence-electron chi connectivity index (χ1n) is 23.2. The van der Waals surface area contributed by atoms with Crippen molar-refractivity contribution in [1.82, 2.24) is 15.0 Å². The summed E-state index contributed by atoms with van der Waals surface area (Å²) in [6, 6.07) is 10.4. The molecule has 1 aromatic carbocycles. The summed E-state index contributed by atoms with van der Waals surface area (Å²) in [6.45, 7) is 0. The predicted octanol–water partition coefficient (Wildman–Crippen LogP) is 13.0. The van der Waals surface area contributed by atoms with E-state index in [0.717, 1.165) is 79.5 Å². The average Bonchev–Trinajstić information content (AvgIpc) is 3.91. The molecular formula is C55H55N3OS. The molecule has 0 amide bonds. The number of benzene rings is 1. The van der Waals surface area contributed by atoms with Crippen molar-refractivity contribution in [2.24, 2.45) is 35.5 Å². The third-order valence-electron chi connectivity index (χ3n) is 15.4. The lowest BCUT2D eigenvalue weighted by Gasteiger charge is -2.43.